The lowest BCUT2D eigenvalue weighted by Crippen LogP contribution is -2.07. The normalized spacial score (nSPS) is 14.5. The van der Waals surface area contributed by atoms with E-state index in [-0.39, 0.29) is 11.6 Å². The number of thioether (sulfide) groups is 1. The van der Waals surface area contributed by atoms with Gasteiger partial charge in [-0.1, -0.05) is 6.07 Å². The molecule has 0 N–H and O–H groups in total. The van der Waals surface area contributed by atoms with Crippen LogP contribution in [0.2, 0.25) is 0 Å². The Kier molecular flexibility index (Phi) is 3.41. The van der Waals surface area contributed by atoms with Gasteiger partial charge in [-0.15, -0.1) is 23.1 Å². The molecule has 0 bridgehead atoms. The van der Waals surface area contributed by atoms with Crippen LogP contribution in [0.25, 0.3) is 10.6 Å². The van der Waals surface area contributed by atoms with Gasteiger partial charge in [0.25, 0.3) is 0 Å². The van der Waals surface area contributed by atoms with Crippen LogP contribution in [0.5, 0.6) is 0 Å². The van der Waals surface area contributed by atoms with Crippen LogP contribution in [0.15, 0.2) is 23.1 Å². The maximum Gasteiger partial charge on any atom is 0.174 e. The minimum Gasteiger partial charge on any atom is -0.293 e. The van der Waals surface area contributed by atoms with Crippen molar-refractivity contribution >= 4 is 28.9 Å². The number of fused-ring (bicyclic) bond motifs is 1. The second-order valence-corrected chi connectivity index (χ2v) is 6.24. The third kappa shape index (κ3) is 2.21. The molecule has 0 radical (unpaired) electrons. The molecule has 1 aromatic carbocycles. The van der Waals surface area contributed by atoms with Gasteiger partial charge in [0.05, 0.1) is 16.1 Å². The first-order valence-electron chi connectivity index (χ1n) is 6.06. The summed E-state index contributed by atoms with van der Waals surface area (Å²) < 4.78 is 14.1. The van der Waals surface area contributed by atoms with Crippen molar-refractivity contribution in [2.75, 3.05) is 6.26 Å². The van der Waals surface area contributed by atoms with E-state index in [1.807, 2.05) is 12.3 Å². The third-order valence-electron chi connectivity index (χ3n) is 3.18. The summed E-state index contributed by atoms with van der Waals surface area (Å²) in [7, 11) is 0. The van der Waals surface area contributed by atoms with E-state index in [0.29, 0.717) is 17.0 Å². The van der Waals surface area contributed by atoms with E-state index >= 15 is 0 Å². The number of ketones is 1. The standard InChI is InChI=1S/C14H12FNOS2/c1-18-11-7-2-4-8(15)12(11)14-16-9-5-3-6-10(17)13(9)19-14/h2,4,7H,3,5-6H2,1H3. The number of rotatable bonds is 2. The lowest BCUT2D eigenvalue weighted by atomic mass is 10.0. The first kappa shape index (κ1) is 12.8. The highest BCUT2D eigenvalue weighted by Crippen LogP contribution is 2.38. The van der Waals surface area contributed by atoms with Crippen molar-refractivity contribution in [1.82, 2.24) is 4.98 Å². The maximum absolute atomic E-state index is 14.1. The zero-order valence-electron chi connectivity index (χ0n) is 10.4. The van der Waals surface area contributed by atoms with Gasteiger partial charge < -0.3 is 0 Å². The first-order valence-corrected chi connectivity index (χ1v) is 8.10. The molecule has 98 valence electrons. The Balaban J connectivity index is 2.16. The van der Waals surface area contributed by atoms with E-state index in [2.05, 4.69) is 4.98 Å². The van der Waals surface area contributed by atoms with Crippen LogP contribution < -0.4 is 0 Å². The Labute approximate surface area is 119 Å². The predicted octanol–water partition coefficient (Wildman–Crippen LogP) is 4.19. The van der Waals surface area contributed by atoms with Crippen LogP contribution in [-0.4, -0.2) is 17.0 Å². The summed E-state index contributed by atoms with van der Waals surface area (Å²) in [4.78, 5) is 17.9. The van der Waals surface area contributed by atoms with E-state index in [1.165, 1.54) is 29.2 Å². The second-order valence-electron chi connectivity index (χ2n) is 4.39. The number of halogens is 1. The summed E-state index contributed by atoms with van der Waals surface area (Å²) in [6, 6.07) is 5.02. The van der Waals surface area contributed by atoms with Crippen LogP contribution in [0.1, 0.15) is 28.2 Å². The number of Topliss-reactive ketones (excluding diaryl/α,β-unsaturated/α-hetero) is 1. The largest absolute Gasteiger partial charge is 0.293 e. The van der Waals surface area contributed by atoms with Gasteiger partial charge in [-0.2, -0.15) is 0 Å². The zero-order chi connectivity index (χ0) is 13.4. The Morgan fingerprint density at radius 3 is 2.95 bits per heavy atom. The number of benzene rings is 1. The molecule has 5 heteroatoms. The number of hydrogen-bond acceptors (Lipinski definition) is 4. The van der Waals surface area contributed by atoms with Gasteiger partial charge in [0, 0.05) is 11.3 Å². The summed E-state index contributed by atoms with van der Waals surface area (Å²) >= 11 is 2.82. The SMILES string of the molecule is CSc1cccc(F)c1-c1nc2c(s1)C(=O)CCC2. The third-order valence-corrected chi connectivity index (χ3v) is 5.11. The smallest absolute Gasteiger partial charge is 0.174 e. The van der Waals surface area contributed by atoms with Crippen molar-refractivity contribution in [1.29, 1.82) is 0 Å². The number of aromatic nitrogens is 1. The predicted molar refractivity (Wildman–Crippen MR) is 76.6 cm³/mol. The molecule has 0 aliphatic heterocycles. The summed E-state index contributed by atoms with van der Waals surface area (Å²) in [6.45, 7) is 0. The van der Waals surface area contributed by atoms with Crippen LogP contribution in [0.3, 0.4) is 0 Å². The Morgan fingerprint density at radius 1 is 1.37 bits per heavy atom. The molecule has 0 fully saturated rings. The Morgan fingerprint density at radius 2 is 2.21 bits per heavy atom. The molecule has 2 aromatic rings. The molecule has 0 spiro atoms. The van der Waals surface area contributed by atoms with Gasteiger partial charge in [-0.3, -0.25) is 4.79 Å². The molecule has 1 heterocycles. The molecule has 1 aliphatic carbocycles. The minimum atomic E-state index is -0.273. The van der Waals surface area contributed by atoms with Crippen molar-refractivity contribution in [3.63, 3.8) is 0 Å². The lowest BCUT2D eigenvalue weighted by Gasteiger charge is -2.06. The molecule has 0 saturated carbocycles. The van der Waals surface area contributed by atoms with Crippen molar-refractivity contribution in [3.8, 4) is 10.6 Å². The lowest BCUT2D eigenvalue weighted by molar-refractivity contribution is 0.0976. The zero-order valence-corrected chi connectivity index (χ0v) is 12.0. The van der Waals surface area contributed by atoms with Crippen LogP contribution in [0.4, 0.5) is 4.39 Å². The monoisotopic (exact) mass is 293 g/mol. The van der Waals surface area contributed by atoms with Crippen LogP contribution >= 0.6 is 23.1 Å². The highest BCUT2D eigenvalue weighted by molar-refractivity contribution is 7.98. The van der Waals surface area contributed by atoms with Gasteiger partial charge in [0.15, 0.2) is 5.78 Å². The molecule has 0 atom stereocenters. The van der Waals surface area contributed by atoms with Crippen LogP contribution in [-0.2, 0) is 6.42 Å². The molecular formula is C14H12FNOS2. The number of carbonyl (C=O) groups is 1. The van der Waals surface area contributed by atoms with E-state index in [9.17, 15) is 9.18 Å². The molecule has 0 saturated heterocycles. The summed E-state index contributed by atoms with van der Waals surface area (Å²) in [5.41, 5.74) is 1.37. The average molecular weight is 293 g/mol. The molecule has 1 aromatic heterocycles. The van der Waals surface area contributed by atoms with Gasteiger partial charge in [0.2, 0.25) is 0 Å². The molecule has 3 rings (SSSR count). The summed E-state index contributed by atoms with van der Waals surface area (Å²) in [6.07, 6.45) is 4.17. The quantitative estimate of drug-likeness (QED) is 0.778. The summed E-state index contributed by atoms with van der Waals surface area (Å²) in [5.74, 6) is -0.127. The Hall–Kier alpha value is -1.20. The first-order chi connectivity index (χ1) is 9.20. The number of nitrogens with zero attached hydrogens (tertiary/aromatic N) is 1. The minimum absolute atomic E-state index is 0.145. The van der Waals surface area contributed by atoms with Crippen molar-refractivity contribution in [3.05, 3.63) is 34.6 Å². The average Bonchev–Trinajstić information content (AvgIpc) is 2.83. The molecule has 0 unspecified atom stereocenters. The fraction of sp³-hybridized carbons (Fsp3) is 0.286. The number of hydrogen-bond donors (Lipinski definition) is 0. The second kappa shape index (κ2) is 5.06. The van der Waals surface area contributed by atoms with Crippen molar-refractivity contribution in [2.45, 2.75) is 24.2 Å². The van der Waals surface area contributed by atoms with Gasteiger partial charge >= 0.3 is 0 Å². The summed E-state index contributed by atoms with van der Waals surface area (Å²) in [5, 5.41) is 0.628. The Bertz CT molecular complexity index is 651. The van der Waals surface area contributed by atoms with Crippen molar-refractivity contribution < 1.29 is 9.18 Å². The van der Waals surface area contributed by atoms with E-state index in [0.717, 1.165) is 28.3 Å². The maximum atomic E-state index is 14.1. The van der Waals surface area contributed by atoms with Crippen molar-refractivity contribution in [2.24, 2.45) is 0 Å². The van der Waals surface area contributed by atoms with E-state index in [4.69, 9.17) is 0 Å². The molecule has 1 aliphatic rings. The molecule has 0 amide bonds. The fourth-order valence-electron chi connectivity index (χ4n) is 2.26. The fourth-order valence-corrected chi connectivity index (χ4v) is 4.08. The van der Waals surface area contributed by atoms with E-state index < -0.39 is 0 Å². The molecule has 2 nitrogen and oxygen atoms in total. The highest BCUT2D eigenvalue weighted by atomic mass is 32.2. The molecular weight excluding hydrogens is 281 g/mol. The van der Waals surface area contributed by atoms with Gasteiger partial charge in [0.1, 0.15) is 10.8 Å². The number of thiazole rings is 1. The number of aryl methyl sites for hydroxylation is 1. The highest BCUT2D eigenvalue weighted by Gasteiger charge is 2.24. The van der Waals surface area contributed by atoms with E-state index in [1.54, 1.807) is 6.07 Å². The van der Waals surface area contributed by atoms with Gasteiger partial charge in [-0.05, 0) is 31.2 Å². The number of carbonyl (C=O) groups excluding carboxylic acids is 1. The van der Waals surface area contributed by atoms with Gasteiger partial charge in [-0.25, -0.2) is 9.37 Å². The molecule has 19 heavy (non-hydrogen) atoms. The van der Waals surface area contributed by atoms with Crippen LogP contribution in [0, 0.1) is 5.82 Å². The topological polar surface area (TPSA) is 30.0 Å².